The molecule has 0 bridgehead atoms. The molecule has 0 saturated heterocycles. The van der Waals surface area contributed by atoms with Crippen LogP contribution in [0, 0.1) is 0 Å². The van der Waals surface area contributed by atoms with E-state index in [1.807, 2.05) is 24.3 Å². The van der Waals surface area contributed by atoms with Gasteiger partial charge in [0, 0.05) is 34.2 Å². The lowest BCUT2D eigenvalue weighted by Crippen LogP contribution is -1.98. The highest BCUT2D eigenvalue weighted by Gasteiger charge is 2.20. The van der Waals surface area contributed by atoms with Gasteiger partial charge in [0.2, 0.25) is 0 Å². The minimum atomic E-state index is 0.541. The molecule has 0 saturated carbocycles. The first-order valence-corrected chi connectivity index (χ1v) is 8.32. The molecule has 1 aromatic carbocycles. The van der Waals surface area contributed by atoms with Crippen LogP contribution in [0.4, 0.5) is 0 Å². The van der Waals surface area contributed by atoms with E-state index in [4.69, 9.17) is 23.2 Å². The molecule has 21 heavy (non-hydrogen) atoms. The molecule has 2 aromatic heterocycles. The van der Waals surface area contributed by atoms with Crippen LogP contribution in [0.25, 0.3) is 22.3 Å². The van der Waals surface area contributed by atoms with Gasteiger partial charge in [0.25, 0.3) is 0 Å². The highest BCUT2D eigenvalue weighted by atomic mass is 35.5. The molecule has 0 N–H and O–H groups in total. The molecular weight excluding hydrogens is 325 g/mol. The van der Waals surface area contributed by atoms with Crippen molar-refractivity contribution in [3.8, 4) is 11.4 Å². The SMILES string of the molecule is Clc1nc(-c2ccc(Cl)c3cccnc23)nc2c1CSC2. The molecule has 0 spiro atoms. The highest BCUT2D eigenvalue weighted by molar-refractivity contribution is 7.98. The second-order valence-electron chi connectivity index (χ2n) is 4.75. The predicted molar refractivity (Wildman–Crippen MR) is 87.8 cm³/mol. The van der Waals surface area contributed by atoms with E-state index < -0.39 is 0 Å². The van der Waals surface area contributed by atoms with Crippen LogP contribution in [0.1, 0.15) is 11.3 Å². The van der Waals surface area contributed by atoms with Crippen molar-refractivity contribution in [2.45, 2.75) is 11.5 Å². The maximum Gasteiger partial charge on any atom is 0.163 e. The summed E-state index contributed by atoms with van der Waals surface area (Å²) in [5, 5.41) is 2.11. The Morgan fingerprint density at radius 3 is 2.86 bits per heavy atom. The van der Waals surface area contributed by atoms with E-state index in [0.717, 1.165) is 39.2 Å². The molecule has 1 aliphatic rings. The van der Waals surface area contributed by atoms with E-state index >= 15 is 0 Å². The Balaban J connectivity index is 1.99. The fourth-order valence-corrected chi connectivity index (χ4v) is 4.04. The molecule has 3 heterocycles. The van der Waals surface area contributed by atoms with Crippen LogP contribution in [0.3, 0.4) is 0 Å². The van der Waals surface area contributed by atoms with Crippen molar-refractivity contribution in [3.05, 3.63) is 51.9 Å². The Labute approximate surface area is 135 Å². The van der Waals surface area contributed by atoms with Gasteiger partial charge >= 0.3 is 0 Å². The lowest BCUT2D eigenvalue weighted by molar-refractivity contribution is 1.07. The standard InChI is InChI=1S/C15H9Cl2N3S/c16-11-4-3-9(13-8(11)2-1-5-18-13)15-19-12-7-21-6-10(12)14(17)20-15/h1-5H,6-7H2. The number of hydrogen-bond acceptors (Lipinski definition) is 4. The summed E-state index contributed by atoms with van der Waals surface area (Å²) in [6.45, 7) is 0. The maximum absolute atomic E-state index is 6.30. The second kappa shape index (κ2) is 5.13. The summed E-state index contributed by atoms with van der Waals surface area (Å²) in [4.78, 5) is 13.5. The lowest BCUT2D eigenvalue weighted by Gasteiger charge is -2.08. The van der Waals surface area contributed by atoms with Crippen LogP contribution in [0.5, 0.6) is 0 Å². The maximum atomic E-state index is 6.30. The molecule has 0 unspecified atom stereocenters. The zero-order valence-corrected chi connectivity index (χ0v) is 13.1. The van der Waals surface area contributed by atoms with Crippen LogP contribution in [0.2, 0.25) is 10.2 Å². The van der Waals surface area contributed by atoms with Crippen molar-refractivity contribution in [2.24, 2.45) is 0 Å². The topological polar surface area (TPSA) is 38.7 Å². The minimum Gasteiger partial charge on any atom is -0.255 e. The van der Waals surface area contributed by atoms with Crippen LogP contribution < -0.4 is 0 Å². The van der Waals surface area contributed by atoms with Crippen molar-refractivity contribution >= 4 is 45.9 Å². The van der Waals surface area contributed by atoms with Crippen molar-refractivity contribution in [1.29, 1.82) is 0 Å². The summed E-state index contributed by atoms with van der Waals surface area (Å²) in [5.74, 6) is 2.37. The number of pyridine rings is 1. The summed E-state index contributed by atoms with van der Waals surface area (Å²) in [7, 11) is 0. The van der Waals surface area contributed by atoms with Gasteiger partial charge in [-0.3, -0.25) is 4.98 Å². The van der Waals surface area contributed by atoms with E-state index in [1.54, 1.807) is 18.0 Å². The second-order valence-corrected chi connectivity index (χ2v) is 6.50. The Hall–Kier alpha value is -1.36. The van der Waals surface area contributed by atoms with Gasteiger partial charge in [-0.25, -0.2) is 9.97 Å². The van der Waals surface area contributed by atoms with Gasteiger partial charge in [0.05, 0.1) is 16.2 Å². The van der Waals surface area contributed by atoms with Gasteiger partial charge in [-0.05, 0) is 24.3 Å². The Morgan fingerprint density at radius 1 is 1.05 bits per heavy atom. The van der Waals surface area contributed by atoms with Gasteiger partial charge < -0.3 is 0 Å². The van der Waals surface area contributed by atoms with Crippen LogP contribution in [-0.4, -0.2) is 15.0 Å². The molecule has 0 amide bonds. The van der Waals surface area contributed by atoms with Crippen LogP contribution >= 0.6 is 35.0 Å². The molecule has 3 aromatic rings. The Bertz CT molecular complexity index is 867. The van der Waals surface area contributed by atoms with Gasteiger partial charge in [-0.15, -0.1) is 0 Å². The first-order chi connectivity index (χ1) is 10.2. The number of benzene rings is 1. The third-order valence-electron chi connectivity index (χ3n) is 3.48. The number of fused-ring (bicyclic) bond motifs is 2. The molecule has 6 heteroatoms. The Morgan fingerprint density at radius 2 is 1.95 bits per heavy atom. The largest absolute Gasteiger partial charge is 0.255 e. The van der Waals surface area contributed by atoms with Crippen LogP contribution in [0.15, 0.2) is 30.5 Å². The van der Waals surface area contributed by atoms with E-state index in [1.165, 1.54) is 0 Å². The van der Waals surface area contributed by atoms with Crippen molar-refractivity contribution in [3.63, 3.8) is 0 Å². The van der Waals surface area contributed by atoms with Crippen molar-refractivity contribution < 1.29 is 0 Å². The lowest BCUT2D eigenvalue weighted by atomic mass is 10.1. The predicted octanol–water partition coefficient (Wildman–Crippen LogP) is 4.75. The fourth-order valence-electron chi connectivity index (χ4n) is 2.45. The number of thioether (sulfide) groups is 1. The molecule has 1 aliphatic heterocycles. The smallest absolute Gasteiger partial charge is 0.163 e. The molecule has 0 fully saturated rings. The number of nitrogens with zero attached hydrogens (tertiary/aromatic N) is 3. The number of aromatic nitrogens is 3. The molecule has 104 valence electrons. The van der Waals surface area contributed by atoms with E-state index in [0.29, 0.717) is 16.0 Å². The molecule has 0 aliphatic carbocycles. The first-order valence-electron chi connectivity index (χ1n) is 6.40. The van der Waals surface area contributed by atoms with Crippen molar-refractivity contribution in [2.75, 3.05) is 0 Å². The highest BCUT2D eigenvalue weighted by Crippen LogP contribution is 2.36. The van der Waals surface area contributed by atoms with E-state index in [9.17, 15) is 0 Å². The quantitative estimate of drug-likeness (QED) is 0.602. The molecule has 3 nitrogen and oxygen atoms in total. The first kappa shape index (κ1) is 13.3. The van der Waals surface area contributed by atoms with Gasteiger partial charge in [-0.1, -0.05) is 23.2 Å². The zero-order valence-electron chi connectivity index (χ0n) is 10.8. The normalized spacial score (nSPS) is 13.6. The zero-order chi connectivity index (χ0) is 14.4. The summed E-state index contributed by atoms with van der Waals surface area (Å²) in [6.07, 6.45) is 1.74. The fraction of sp³-hybridized carbons (Fsp3) is 0.133. The molecule has 0 radical (unpaired) electrons. The Kier molecular flexibility index (Phi) is 3.25. The third kappa shape index (κ3) is 2.18. The summed E-state index contributed by atoms with van der Waals surface area (Å²) < 4.78 is 0. The third-order valence-corrected chi connectivity index (χ3v) is 5.10. The molecule has 4 rings (SSSR count). The van der Waals surface area contributed by atoms with Gasteiger partial charge in [0.1, 0.15) is 5.15 Å². The van der Waals surface area contributed by atoms with Gasteiger partial charge in [-0.2, -0.15) is 11.8 Å². The minimum absolute atomic E-state index is 0.541. The van der Waals surface area contributed by atoms with E-state index in [-0.39, 0.29) is 0 Å². The monoisotopic (exact) mass is 333 g/mol. The van der Waals surface area contributed by atoms with Gasteiger partial charge in [0.15, 0.2) is 5.82 Å². The summed E-state index contributed by atoms with van der Waals surface area (Å²) in [5.41, 5.74) is 3.73. The number of halogens is 2. The molecule has 0 atom stereocenters. The summed E-state index contributed by atoms with van der Waals surface area (Å²) >= 11 is 14.3. The number of hydrogen-bond donors (Lipinski definition) is 0. The summed E-state index contributed by atoms with van der Waals surface area (Å²) in [6, 6.07) is 7.56. The van der Waals surface area contributed by atoms with Crippen molar-refractivity contribution in [1.82, 2.24) is 15.0 Å². The molecular formula is C15H9Cl2N3S. The van der Waals surface area contributed by atoms with E-state index in [2.05, 4.69) is 15.0 Å². The average Bonchev–Trinajstić information content (AvgIpc) is 2.97. The van der Waals surface area contributed by atoms with Crippen LogP contribution in [-0.2, 0) is 11.5 Å². The average molecular weight is 334 g/mol. The number of rotatable bonds is 1.